The molecule has 1 aliphatic heterocycles. The first kappa shape index (κ1) is 35.7. The zero-order valence-corrected chi connectivity index (χ0v) is 32.7. The summed E-state index contributed by atoms with van der Waals surface area (Å²) in [5.74, 6) is 0.598. The van der Waals surface area contributed by atoms with Crippen molar-refractivity contribution in [3.05, 3.63) is 98.0 Å². The molecule has 4 heterocycles. The highest BCUT2D eigenvalue weighted by molar-refractivity contribution is 6.35. The minimum Gasteiger partial charge on any atom is -0.494 e. The second kappa shape index (κ2) is 13.4. The second-order valence-corrected chi connectivity index (χ2v) is 15.1. The largest absolute Gasteiger partial charge is 0.494 e. The van der Waals surface area contributed by atoms with Crippen LogP contribution in [0.15, 0.2) is 48.7 Å². The number of ether oxygens (including phenoxy) is 1. The van der Waals surface area contributed by atoms with Gasteiger partial charge < -0.3 is 23.7 Å². The SMILES string of the molecule is Cc1cc(OCCCc2c3n(c4c(-c5c(C)nn(C)c5C)c(Cl)ccc24)[C@H](C)CN(c2cn(C)c4ccc(C(=O)N(C)C)cc24)C3=O)cc(C)c1Cl. The molecule has 0 fully saturated rings. The first-order chi connectivity index (χ1) is 24.7. The van der Waals surface area contributed by atoms with Crippen LogP contribution in [0.1, 0.15) is 68.3 Å². The Hall–Kier alpha value is -4.73. The molecule has 0 saturated heterocycles. The summed E-state index contributed by atoms with van der Waals surface area (Å²) >= 11 is 13.5. The van der Waals surface area contributed by atoms with Crippen molar-refractivity contribution in [1.82, 2.24) is 23.8 Å². The molecule has 52 heavy (non-hydrogen) atoms. The number of carbonyl (C=O) groups is 2. The Morgan fingerprint density at radius 3 is 2.35 bits per heavy atom. The molecular weight excluding hydrogens is 695 g/mol. The van der Waals surface area contributed by atoms with Crippen LogP contribution in [0, 0.1) is 27.7 Å². The van der Waals surface area contributed by atoms with E-state index in [4.69, 9.17) is 33.0 Å². The molecule has 0 unspecified atom stereocenters. The Balaban J connectivity index is 1.37. The monoisotopic (exact) mass is 738 g/mol. The van der Waals surface area contributed by atoms with Gasteiger partial charge in [-0.15, -0.1) is 0 Å². The maximum atomic E-state index is 15.1. The van der Waals surface area contributed by atoms with Crippen LogP contribution in [-0.4, -0.2) is 62.9 Å². The molecule has 1 atom stereocenters. The normalized spacial score (nSPS) is 14.5. The highest BCUT2D eigenvalue weighted by atomic mass is 35.5. The van der Waals surface area contributed by atoms with Crippen LogP contribution in [0.4, 0.5) is 5.69 Å². The zero-order chi connectivity index (χ0) is 37.3. The Kier molecular flexibility index (Phi) is 9.16. The van der Waals surface area contributed by atoms with E-state index >= 15 is 4.79 Å². The van der Waals surface area contributed by atoms with Crippen LogP contribution in [0.5, 0.6) is 5.75 Å². The summed E-state index contributed by atoms with van der Waals surface area (Å²) in [5, 5.41) is 7.94. The summed E-state index contributed by atoms with van der Waals surface area (Å²) < 4.78 is 12.3. The van der Waals surface area contributed by atoms with Crippen molar-refractivity contribution < 1.29 is 14.3 Å². The van der Waals surface area contributed by atoms with Crippen LogP contribution < -0.4 is 9.64 Å². The van der Waals surface area contributed by atoms with Crippen LogP contribution in [0.3, 0.4) is 0 Å². The van der Waals surface area contributed by atoms with E-state index in [2.05, 4.69) is 24.5 Å². The molecule has 0 bridgehead atoms. The van der Waals surface area contributed by atoms with Gasteiger partial charge in [-0.25, -0.2) is 0 Å². The number of carbonyl (C=O) groups excluding carboxylic acids is 2. The van der Waals surface area contributed by atoms with Crippen molar-refractivity contribution in [2.75, 3.05) is 32.1 Å². The van der Waals surface area contributed by atoms with Crippen LogP contribution in [0.25, 0.3) is 32.9 Å². The number of nitrogens with zero attached hydrogens (tertiary/aromatic N) is 6. The lowest BCUT2D eigenvalue weighted by molar-refractivity contribution is 0.0827. The van der Waals surface area contributed by atoms with Crippen LogP contribution >= 0.6 is 23.2 Å². The molecule has 270 valence electrons. The molecule has 0 spiro atoms. The van der Waals surface area contributed by atoms with Gasteiger partial charge in [0.2, 0.25) is 0 Å². The molecule has 2 amide bonds. The smallest absolute Gasteiger partial charge is 0.275 e. The zero-order valence-electron chi connectivity index (χ0n) is 31.2. The Morgan fingerprint density at radius 2 is 1.69 bits per heavy atom. The number of amides is 2. The highest BCUT2D eigenvalue weighted by Gasteiger charge is 2.37. The van der Waals surface area contributed by atoms with Crippen molar-refractivity contribution in [1.29, 1.82) is 0 Å². The number of hydrogen-bond acceptors (Lipinski definition) is 4. The van der Waals surface area contributed by atoms with Crippen molar-refractivity contribution in [3.63, 3.8) is 0 Å². The molecule has 11 heteroatoms. The molecule has 3 aromatic heterocycles. The quantitative estimate of drug-likeness (QED) is 0.146. The summed E-state index contributed by atoms with van der Waals surface area (Å²) in [7, 11) is 7.39. The van der Waals surface area contributed by atoms with Crippen LogP contribution in [-0.2, 0) is 20.5 Å². The molecule has 7 rings (SSSR count). The molecule has 3 aromatic carbocycles. The number of anilines is 1. The molecule has 1 aliphatic rings. The standard InChI is InChI=1S/C41H44Cl2N6O3/c1-22-17-28(18-23(2)37(22)43)52-16-10-11-29-30-13-14-32(42)36(35-25(4)44-47(9)26(35)5)38(30)49-24(3)20-48(41(51)39(29)49)34-21-46(8)33-15-12-27(19-31(33)34)40(50)45(6)7/h12-15,17-19,21,24H,10-11,16,20H2,1-9H3/t24-/m1/s1. The van der Waals surface area contributed by atoms with Gasteiger partial charge in [-0.3, -0.25) is 14.3 Å². The number of aryl methyl sites for hydroxylation is 6. The van der Waals surface area contributed by atoms with E-state index in [1.807, 2.05) is 91.6 Å². The third-order valence-corrected chi connectivity index (χ3v) is 11.4. The van der Waals surface area contributed by atoms with Gasteiger partial charge in [0.25, 0.3) is 11.8 Å². The summed E-state index contributed by atoms with van der Waals surface area (Å²) in [6.07, 6.45) is 3.28. The highest BCUT2D eigenvalue weighted by Crippen LogP contribution is 2.45. The predicted molar refractivity (Wildman–Crippen MR) is 211 cm³/mol. The Bertz CT molecular complexity index is 2410. The molecule has 0 radical (unpaired) electrons. The molecule has 0 saturated carbocycles. The second-order valence-electron chi connectivity index (χ2n) is 14.3. The predicted octanol–water partition coefficient (Wildman–Crippen LogP) is 9.01. The Labute approximate surface area is 314 Å². The van der Waals surface area contributed by atoms with Crippen molar-refractivity contribution in [3.8, 4) is 16.9 Å². The van der Waals surface area contributed by atoms with Gasteiger partial charge in [-0.05, 0) is 101 Å². The summed E-state index contributed by atoms with van der Waals surface area (Å²) in [4.78, 5) is 31.5. The molecule has 0 aliphatic carbocycles. The third-order valence-electron chi connectivity index (χ3n) is 10.5. The Morgan fingerprint density at radius 1 is 0.981 bits per heavy atom. The summed E-state index contributed by atoms with van der Waals surface area (Å²) in [5.41, 5.74) is 10.5. The fraction of sp³-hybridized carbons (Fsp3) is 0.341. The average Bonchev–Trinajstić information content (AvgIpc) is 3.70. The number of aromatic nitrogens is 4. The van der Waals surface area contributed by atoms with Gasteiger partial charge >= 0.3 is 0 Å². The van der Waals surface area contributed by atoms with E-state index in [1.54, 1.807) is 19.0 Å². The first-order valence-electron chi connectivity index (χ1n) is 17.6. The third kappa shape index (κ3) is 5.75. The summed E-state index contributed by atoms with van der Waals surface area (Å²) in [6.45, 7) is 11.1. The van der Waals surface area contributed by atoms with Gasteiger partial charge in [0.15, 0.2) is 0 Å². The van der Waals surface area contributed by atoms with E-state index in [0.717, 1.165) is 77.5 Å². The van der Waals surface area contributed by atoms with Gasteiger partial charge in [0, 0.05) is 90.7 Å². The van der Waals surface area contributed by atoms with Crippen molar-refractivity contribution >= 4 is 62.5 Å². The fourth-order valence-electron chi connectivity index (χ4n) is 7.91. The van der Waals surface area contributed by atoms with E-state index in [1.165, 1.54) is 0 Å². The lowest BCUT2D eigenvalue weighted by atomic mass is 9.98. The minimum atomic E-state index is -0.100. The van der Waals surface area contributed by atoms with Crippen molar-refractivity contribution in [2.24, 2.45) is 14.1 Å². The maximum Gasteiger partial charge on any atom is 0.275 e. The summed E-state index contributed by atoms with van der Waals surface area (Å²) in [6, 6.07) is 13.5. The number of hydrogen-bond donors (Lipinski definition) is 0. The topological polar surface area (TPSA) is 77.5 Å². The number of halogens is 2. The molecular formula is C41H44Cl2N6O3. The first-order valence-corrected chi connectivity index (χ1v) is 18.3. The van der Waals surface area contributed by atoms with E-state index in [-0.39, 0.29) is 17.9 Å². The van der Waals surface area contributed by atoms with Gasteiger partial charge in [0.05, 0.1) is 28.5 Å². The fourth-order valence-corrected chi connectivity index (χ4v) is 8.27. The minimum absolute atomic E-state index is 0.0889. The molecule has 6 aromatic rings. The van der Waals surface area contributed by atoms with E-state index < -0.39 is 0 Å². The van der Waals surface area contributed by atoms with Gasteiger partial charge in [0.1, 0.15) is 11.4 Å². The lowest BCUT2D eigenvalue weighted by Gasteiger charge is -2.34. The van der Waals surface area contributed by atoms with Crippen molar-refractivity contribution in [2.45, 2.75) is 53.5 Å². The number of fused-ring (bicyclic) bond motifs is 4. The maximum absolute atomic E-state index is 15.1. The number of benzene rings is 3. The number of rotatable bonds is 8. The average molecular weight is 740 g/mol. The molecule has 9 nitrogen and oxygen atoms in total. The lowest BCUT2D eigenvalue weighted by Crippen LogP contribution is -2.42. The van der Waals surface area contributed by atoms with Gasteiger partial charge in [-0.1, -0.05) is 29.3 Å². The van der Waals surface area contributed by atoms with Crippen LogP contribution in [0.2, 0.25) is 10.0 Å². The molecule has 0 N–H and O–H groups in total. The van der Waals surface area contributed by atoms with E-state index in [0.29, 0.717) is 42.3 Å². The van der Waals surface area contributed by atoms with E-state index in [9.17, 15) is 4.79 Å². The van der Waals surface area contributed by atoms with Gasteiger partial charge in [-0.2, -0.15) is 5.10 Å².